The zero-order valence-corrected chi connectivity index (χ0v) is 21.4. The molecule has 3 rings (SSSR count). The lowest BCUT2D eigenvalue weighted by molar-refractivity contribution is 0.0954. The molecule has 0 fully saturated rings. The average Bonchev–Trinajstić information content (AvgIpc) is 2.85. The van der Waals surface area contributed by atoms with Gasteiger partial charge in [0.2, 0.25) is 0 Å². The van der Waals surface area contributed by atoms with E-state index in [-0.39, 0.29) is 15.7 Å². The lowest BCUT2D eigenvalue weighted by atomic mass is 10.2. The normalized spacial score (nSPS) is 11.2. The van der Waals surface area contributed by atoms with Crippen LogP contribution in [-0.4, -0.2) is 33.8 Å². The van der Waals surface area contributed by atoms with Crippen molar-refractivity contribution in [2.24, 2.45) is 5.10 Å². The molecule has 1 N–H and O–H groups in total. The number of amides is 1. The van der Waals surface area contributed by atoms with Gasteiger partial charge >= 0.3 is 10.1 Å². The summed E-state index contributed by atoms with van der Waals surface area (Å²) in [5.74, 6) is 0.385. The van der Waals surface area contributed by atoms with Crippen LogP contribution in [0.4, 0.5) is 0 Å². The van der Waals surface area contributed by atoms with Crippen LogP contribution in [0.2, 0.25) is 10.0 Å². The predicted molar refractivity (Wildman–Crippen MR) is 139 cm³/mol. The van der Waals surface area contributed by atoms with Gasteiger partial charge in [-0.2, -0.15) is 13.5 Å². The highest BCUT2D eigenvalue weighted by Crippen LogP contribution is 2.29. The Morgan fingerprint density at radius 3 is 2.39 bits per heavy atom. The molecule has 1 amide bonds. The molecule has 0 radical (unpaired) electrons. The second-order valence-corrected chi connectivity index (χ2v) is 9.46. The summed E-state index contributed by atoms with van der Waals surface area (Å²) in [6, 6.07) is 14.7. The van der Waals surface area contributed by atoms with E-state index in [2.05, 4.69) is 17.1 Å². The summed E-state index contributed by atoms with van der Waals surface area (Å²) in [4.78, 5) is 12.4. The van der Waals surface area contributed by atoms with Gasteiger partial charge in [0.1, 0.15) is 11.5 Å². The maximum absolute atomic E-state index is 12.5. The standard InChI is InChI=1S/C25H22Cl2N2O6S/c1-3-13-34-23-12-6-18(15-24(23)33-4-2)25(30)29-28-16-17-5-11-22(21(27)14-17)35-36(31,32)20-9-7-19(26)8-10-20/h3,5-12,14-16H,1,4,13H2,2H3,(H,29,30)/b28-16+. The van der Waals surface area contributed by atoms with Crippen LogP contribution in [0.3, 0.4) is 0 Å². The maximum atomic E-state index is 12.5. The molecule has 0 heterocycles. The number of hydrazone groups is 1. The van der Waals surface area contributed by atoms with E-state index >= 15 is 0 Å². The molecule has 0 saturated carbocycles. The maximum Gasteiger partial charge on any atom is 0.339 e. The van der Waals surface area contributed by atoms with Crippen LogP contribution < -0.4 is 19.1 Å². The number of hydrogen-bond acceptors (Lipinski definition) is 7. The van der Waals surface area contributed by atoms with Crippen molar-refractivity contribution in [2.75, 3.05) is 13.2 Å². The number of benzene rings is 3. The van der Waals surface area contributed by atoms with Gasteiger partial charge in [-0.3, -0.25) is 4.79 Å². The van der Waals surface area contributed by atoms with Gasteiger partial charge < -0.3 is 13.7 Å². The number of hydrogen-bond donors (Lipinski definition) is 1. The quantitative estimate of drug-likeness (QED) is 0.147. The average molecular weight is 549 g/mol. The van der Waals surface area contributed by atoms with Gasteiger partial charge in [-0.25, -0.2) is 5.43 Å². The minimum Gasteiger partial charge on any atom is -0.490 e. The summed E-state index contributed by atoms with van der Waals surface area (Å²) < 4.78 is 41.1. The first kappa shape index (κ1) is 27.1. The largest absolute Gasteiger partial charge is 0.490 e. The van der Waals surface area contributed by atoms with Crippen molar-refractivity contribution in [2.45, 2.75) is 11.8 Å². The Kier molecular flexibility index (Phi) is 9.35. The molecule has 0 spiro atoms. The van der Waals surface area contributed by atoms with Crippen molar-refractivity contribution < 1.29 is 26.9 Å². The first-order valence-electron chi connectivity index (χ1n) is 10.6. The van der Waals surface area contributed by atoms with Crippen molar-refractivity contribution in [3.05, 3.63) is 94.5 Å². The monoisotopic (exact) mass is 548 g/mol. The third-order valence-electron chi connectivity index (χ3n) is 4.50. The molecule has 0 unspecified atom stereocenters. The highest BCUT2D eigenvalue weighted by Gasteiger charge is 2.18. The highest BCUT2D eigenvalue weighted by atomic mass is 35.5. The molecule has 0 aliphatic heterocycles. The number of nitrogens with zero attached hydrogens (tertiary/aromatic N) is 1. The minimum absolute atomic E-state index is 0.0410. The molecule has 0 bridgehead atoms. The fourth-order valence-electron chi connectivity index (χ4n) is 2.85. The molecule has 188 valence electrons. The van der Waals surface area contributed by atoms with Crippen molar-refractivity contribution in [3.63, 3.8) is 0 Å². The van der Waals surface area contributed by atoms with Gasteiger partial charge in [0.05, 0.1) is 17.8 Å². The van der Waals surface area contributed by atoms with Crippen LogP contribution in [0, 0.1) is 0 Å². The van der Waals surface area contributed by atoms with Gasteiger partial charge in [-0.15, -0.1) is 0 Å². The third-order valence-corrected chi connectivity index (χ3v) is 6.30. The smallest absolute Gasteiger partial charge is 0.339 e. The number of carbonyl (C=O) groups is 1. The molecule has 36 heavy (non-hydrogen) atoms. The highest BCUT2D eigenvalue weighted by molar-refractivity contribution is 7.87. The molecule has 0 aromatic heterocycles. The molecule has 8 nitrogen and oxygen atoms in total. The second-order valence-electron chi connectivity index (χ2n) is 7.07. The molecule has 0 aliphatic rings. The van der Waals surface area contributed by atoms with E-state index in [9.17, 15) is 13.2 Å². The number of carbonyl (C=O) groups excluding carboxylic acids is 1. The Labute approximate surface area is 219 Å². The first-order valence-corrected chi connectivity index (χ1v) is 12.7. The van der Waals surface area contributed by atoms with E-state index in [1.165, 1.54) is 48.7 Å². The van der Waals surface area contributed by atoms with Crippen LogP contribution in [-0.2, 0) is 10.1 Å². The topological polar surface area (TPSA) is 103 Å². The zero-order valence-electron chi connectivity index (χ0n) is 19.1. The summed E-state index contributed by atoms with van der Waals surface area (Å²) in [5.41, 5.74) is 3.23. The van der Waals surface area contributed by atoms with Crippen LogP contribution in [0.5, 0.6) is 17.2 Å². The first-order chi connectivity index (χ1) is 17.2. The van der Waals surface area contributed by atoms with E-state index in [1.54, 1.807) is 24.3 Å². The molecule has 3 aromatic carbocycles. The van der Waals surface area contributed by atoms with Gasteiger partial charge in [0, 0.05) is 10.6 Å². The van der Waals surface area contributed by atoms with Gasteiger partial charge in [-0.1, -0.05) is 35.9 Å². The molecular formula is C25H22Cl2N2O6S. The van der Waals surface area contributed by atoms with E-state index in [0.717, 1.165) is 0 Å². The summed E-state index contributed by atoms with van der Waals surface area (Å²) in [5, 5.41) is 4.36. The van der Waals surface area contributed by atoms with Crippen LogP contribution >= 0.6 is 23.2 Å². The number of nitrogens with one attached hydrogen (secondary N) is 1. The zero-order chi connectivity index (χ0) is 26.1. The van der Waals surface area contributed by atoms with E-state index in [1.807, 2.05) is 6.92 Å². The van der Waals surface area contributed by atoms with Crippen molar-refractivity contribution in [3.8, 4) is 17.2 Å². The van der Waals surface area contributed by atoms with Crippen molar-refractivity contribution in [1.82, 2.24) is 5.43 Å². The number of halogens is 2. The Hall–Kier alpha value is -3.53. The van der Waals surface area contributed by atoms with E-state index in [0.29, 0.717) is 40.9 Å². The lowest BCUT2D eigenvalue weighted by Crippen LogP contribution is -2.17. The lowest BCUT2D eigenvalue weighted by Gasteiger charge is -2.12. The van der Waals surface area contributed by atoms with Crippen molar-refractivity contribution >= 4 is 45.4 Å². The van der Waals surface area contributed by atoms with Crippen LogP contribution in [0.25, 0.3) is 0 Å². The molecule has 0 saturated heterocycles. The SMILES string of the molecule is C=CCOc1ccc(C(=O)N/N=C/c2ccc(OS(=O)(=O)c3ccc(Cl)cc3)c(Cl)c2)cc1OCC. The Morgan fingerprint density at radius 1 is 1.00 bits per heavy atom. The predicted octanol–water partition coefficient (Wildman–Crippen LogP) is 5.49. The van der Waals surface area contributed by atoms with Gasteiger partial charge in [0.15, 0.2) is 17.2 Å². The van der Waals surface area contributed by atoms with Crippen LogP contribution in [0.1, 0.15) is 22.8 Å². The second kappa shape index (κ2) is 12.4. The Bertz CT molecular complexity index is 1380. The summed E-state index contributed by atoms with van der Waals surface area (Å²) in [6.07, 6.45) is 2.96. The summed E-state index contributed by atoms with van der Waals surface area (Å²) in [7, 11) is -4.10. The van der Waals surface area contributed by atoms with Crippen LogP contribution in [0.15, 0.2) is 83.3 Å². The molecule has 11 heteroatoms. The minimum atomic E-state index is -4.10. The van der Waals surface area contributed by atoms with Crippen molar-refractivity contribution in [1.29, 1.82) is 0 Å². The fraction of sp³-hybridized carbons (Fsp3) is 0.120. The molecule has 3 aromatic rings. The fourth-order valence-corrected chi connectivity index (χ4v) is 4.19. The Balaban J connectivity index is 1.66. The van der Waals surface area contributed by atoms with E-state index < -0.39 is 16.0 Å². The summed E-state index contributed by atoms with van der Waals surface area (Å²) >= 11 is 12.0. The van der Waals surface area contributed by atoms with Gasteiger partial charge in [0.25, 0.3) is 5.91 Å². The number of rotatable bonds is 11. The molecule has 0 atom stereocenters. The number of ether oxygens (including phenoxy) is 2. The Morgan fingerprint density at radius 2 is 1.72 bits per heavy atom. The molecule has 0 aliphatic carbocycles. The molecular weight excluding hydrogens is 527 g/mol. The third kappa shape index (κ3) is 7.24. The van der Waals surface area contributed by atoms with Gasteiger partial charge in [-0.05, 0) is 73.2 Å². The van der Waals surface area contributed by atoms with E-state index in [4.69, 9.17) is 36.9 Å². The summed E-state index contributed by atoms with van der Waals surface area (Å²) in [6.45, 7) is 6.13.